The minimum atomic E-state index is -0.953. The van der Waals surface area contributed by atoms with Gasteiger partial charge in [0.05, 0.1) is 6.10 Å². The average Bonchev–Trinajstić information content (AvgIpc) is 2.73. The molecule has 2 aromatic carbocycles. The highest BCUT2D eigenvalue weighted by Gasteiger charge is 2.25. The van der Waals surface area contributed by atoms with Crippen LogP contribution in [0.4, 0.5) is 4.79 Å². The van der Waals surface area contributed by atoms with Gasteiger partial charge in [0, 0.05) is 18.6 Å². The zero-order valence-electron chi connectivity index (χ0n) is 19.0. The zero-order valence-corrected chi connectivity index (χ0v) is 19.0. The topological polar surface area (TPSA) is 122 Å². The Kier molecular flexibility index (Phi) is 8.77. The molecule has 0 spiro atoms. The molecule has 0 aliphatic carbocycles. The molecule has 2 rings (SSSR count). The maximum absolute atomic E-state index is 11.6. The number of benzene rings is 2. The third kappa shape index (κ3) is 7.05. The molecule has 8 heteroatoms. The van der Waals surface area contributed by atoms with Crippen LogP contribution in [0.5, 0.6) is 0 Å². The normalized spacial score (nSPS) is 13.3. The molecule has 0 saturated carbocycles. The van der Waals surface area contributed by atoms with E-state index in [4.69, 9.17) is 5.21 Å². The van der Waals surface area contributed by atoms with Crippen LogP contribution in [-0.2, 0) is 17.8 Å². The fourth-order valence-corrected chi connectivity index (χ4v) is 3.42. The molecule has 32 heavy (non-hydrogen) atoms. The second kappa shape index (κ2) is 11.1. The predicted octanol–water partition coefficient (Wildman–Crippen LogP) is 3.02. The molecule has 0 aliphatic rings. The lowest BCUT2D eigenvalue weighted by Crippen LogP contribution is -2.49. The largest absolute Gasteiger partial charge is 0.465 e. The van der Waals surface area contributed by atoms with Crippen LogP contribution < -0.4 is 10.8 Å². The van der Waals surface area contributed by atoms with Crippen LogP contribution in [0.1, 0.15) is 38.8 Å². The Bertz CT molecular complexity index is 889. The SMILES string of the molecule is C[C@@H](O)[C@H](NCc1ccc(-c2ccc(CCN(C(=O)O)C(C)(C)C)cc2)cc1)C(=O)NO. The minimum Gasteiger partial charge on any atom is -0.465 e. The van der Waals surface area contributed by atoms with E-state index >= 15 is 0 Å². The van der Waals surface area contributed by atoms with Gasteiger partial charge >= 0.3 is 6.09 Å². The Balaban J connectivity index is 1.98. The van der Waals surface area contributed by atoms with Crippen molar-refractivity contribution in [1.29, 1.82) is 0 Å². The molecule has 0 unspecified atom stereocenters. The lowest BCUT2D eigenvalue weighted by Gasteiger charge is -2.33. The van der Waals surface area contributed by atoms with Gasteiger partial charge in [-0.3, -0.25) is 15.3 Å². The molecule has 2 aromatic rings. The van der Waals surface area contributed by atoms with Crippen LogP contribution in [0.3, 0.4) is 0 Å². The number of carbonyl (C=O) groups is 2. The van der Waals surface area contributed by atoms with Crippen LogP contribution in [0.25, 0.3) is 11.1 Å². The summed E-state index contributed by atoms with van der Waals surface area (Å²) in [6.45, 7) is 7.92. The van der Waals surface area contributed by atoms with Gasteiger partial charge < -0.3 is 15.1 Å². The lowest BCUT2D eigenvalue weighted by molar-refractivity contribution is -0.134. The van der Waals surface area contributed by atoms with Gasteiger partial charge in [0.15, 0.2) is 0 Å². The van der Waals surface area contributed by atoms with E-state index in [-0.39, 0.29) is 0 Å². The van der Waals surface area contributed by atoms with Crippen molar-refractivity contribution >= 4 is 12.0 Å². The summed E-state index contributed by atoms with van der Waals surface area (Å²) in [4.78, 5) is 24.5. The predicted molar refractivity (Wildman–Crippen MR) is 122 cm³/mol. The van der Waals surface area contributed by atoms with Crippen LogP contribution in [0, 0.1) is 0 Å². The maximum atomic E-state index is 11.6. The number of carbonyl (C=O) groups excluding carboxylic acids is 1. The number of nitrogens with zero attached hydrogens (tertiary/aromatic N) is 1. The van der Waals surface area contributed by atoms with Crippen molar-refractivity contribution in [2.75, 3.05) is 6.54 Å². The summed E-state index contributed by atoms with van der Waals surface area (Å²) in [7, 11) is 0. The van der Waals surface area contributed by atoms with Crippen LogP contribution in [0.15, 0.2) is 48.5 Å². The van der Waals surface area contributed by atoms with Crippen molar-refractivity contribution in [2.45, 2.75) is 58.3 Å². The van der Waals surface area contributed by atoms with Crippen molar-refractivity contribution in [2.24, 2.45) is 0 Å². The van der Waals surface area contributed by atoms with E-state index in [1.165, 1.54) is 11.8 Å². The Hall–Kier alpha value is -2.94. The minimum absolute atomic E-state index is 0.357. The number of carboxylic acid groups (broad SMARTS) is 1. The molecule has 0 heterocycles. The molecule has 0 bridgehead atoms. The van der Waals surface area contributed by atoms with Crippen molar-refractivity contribution < 1.29 is 25.0 Å². The van der Waals surface area contributed by atoms with E-state index in [0.717, 1.165) is 22.3 Å². The summed E-state index contributed by atoms with van der Waals surface area (Å²) >= 11 is 0. The fraction of sp³-hybridized carbons (Fsp3) is 0.417. The summed E-state index contributed by atoms with van der Waals surface area (Å²) in [5.74, 6) is -0.689. The number of rotatable bonds is 9. The highest BCUT2D eigenvalue weighted by molar-refractivity contribution is 5.81. The lowest BCUT2D eigenvalue weighted by atomic mass is 10.0. The van der Waals surface area contributed by atoms with E-state index in [0.29, 0.717) is 19.5 Å². The van der Waals surface area contributed by atoms with Gasteiger partial charge in [0.1, 0.15) is 6.04 Å². The first kappa shape index (κ1) is 25.3. The smallest absolute Gasteiger partial charge is 0.407 e. The third-order valence-electron chi connectivity index (χ3n) is 5.31. The summed E-state index contributed by atoms with van der Waals surface area (Å²) in [6.07, 6.45) is -1.23. The molecule has 0 fully saturated rings. The molecule has 8 nitrogen and oxygen atoms in total. The molecular weight excluding hydrogens is 410 g/mol. The second-order valence-electron chi connectivity index (χ2n) is 8.82. The molecule has 5 N–H and O–H groups in total. The van der Waals surface area contributed by atoms with Gasteiger partial charge in [-0.15, -0.1) is 0 Å². The number of amides is 2. The van der Waals surface area contributed by atoms with E-state index in [1.807, 2.05) is 69.3 Å². The number of aliphatic hydroxyl groups is 1. The molecule has 0 aliphatic heterocycles. The van der Waals surface area contributed by atoms with E-state index in [1.54, 1.807) is 5.48 Å². The fourth-order valence-electron chi connectivity index (χ4n) is 3.42. The van der Waals surface area contributed by atoms with Gasteiger partial charge in [-0.1, -0.05) is 48.5 Å². The monoisotopic (exact) mass is 443 g/mol. The van der Waals surface area contributed by atoms with E-state index in [2.05, 4.69) is 5.32 Å². The molecule has 0 saturated heterocycles. The van der Waals surface area contributed by atoms with Crippen LogP contribution >= 0.6 is 0 Å². The van der Waals surface area contributed by atoms with Crippen LogP contribution in [0.2, 0.25) is 0 Å². The Labute approximate surface area is 188 Å². The number of hydrogen-bond acceptors (Lipinski definition) is 5. The van der Waals surface area contributed by atoms with Gasteiger partial charge in [0.2, 0.25) is 0 Å². The zero-order chi connectivity index (χ0) is 23.9. The Morgan fingerprint density at radius 1 is 0.969 bits per heavy atom. The number of hydroxylamine groups is 1. The first-order valence-electron chi connectivity index (χ1n) is 10.6. The quantitative estimate of drug-likeness (QED) is 0.300. The summed E-state index contributed by atoms with van der Waals surface area (Å²) in [6, 6.07) is 14.9. The maximum Gasteiger partial charge on any atom is 0.407 e. The average molecular weight is 444 g/mol. The highest BCUT2D eigenvalue weighted by atomic mass is 16.5. The summed E-state index contributed by atoms with van der Waals surface area (Å²) < 4.78 is 0. The molecule has 2 atom stereocenters. The number of hydrogen-bond donors (Lipinski definition) is 5. The molecule has 174 valence electrons. The first-order valence-corrected chi connectivity index (χ1v) is 10.6. The molecule has 2 amide bonds. The van der Waals surface area contributed by atoms with Crippen molar-refractivity contribution in [3.63, 3.8) is 0 Å². The van der Waals surface area contributed by atoms with Crippen molar-refractivity contribution in [1.82, 2.24) is 15.7 Å². The summed E-state index contributed by atoms with van der Waals surface area (Å²) in [5.41, 5.74) is 5.17. The van der Waals surface area contributed by atoms with Crippen LogP contribution in [-0.4, -0.2) is 56.6 Å². The second-order valence-corrected chi connectivity index (χ2v) is 8.82. The highest BCUT2D eigenvalue weighted by Crippen LogP contribution is 2.21. The van der Waals surface area contributed by atoms with Gasteiger partial charge in [-0.25, -0.2) is 10.3 Å². The van der Waals surface area contributed by atoms with E-state index in [9.17, 15) is 19.8 Å². The molecule has 0 aromatic heterocycles. The Morgan fingerprint density at radius 3 is 1.88 bits per heavy atom. The van der Waals surface area contributed by atoms with Crippen molar-refractivity contribution in [3.8, 4) is 11.1 Å². The Morgan fingerprint density at radius 2 is 1.47 bits per heavy atom. The van der Waals surface area contributed by atoms with Crippen molar-refractivity contribution in [3.05, 3.63) is 59.7 Å². The third-order valence-corrected chi connectivity index (χ3v) is 5.31. The number of nitrogens with one attached hydrogen (secondary N) is 2. The number of aliphatic hydroxyl groups excluding tert-OH is 1. The van der Waals surface area contributed by atoms with Gasteiger partial charge in [-0.05, 0) is 56.4 Å². The standard InChI is InChI=1S/C24H33N3O5/c1-16(28)21(22(29)26-32)25-15-18-7-11-20(12-8-18)19-9-5-17(6-10-19)13-14-27(23(30)31)24(2,3)4/h5-12,16,21,25,28,32H,13-15H2,1-4H3,(H,26,29)(H,30,31)/t16-,21+/m1/s1. The molecular formula is C24H33N3O5. The van der Waals surface area contributed by atoms with Gasteiger partial charge in [0.25, 0.3) is 5.91 Å². The van der Waals surface area contributed by atoms with E-state index < -0.39 is 29.7 Å². The van der Waals surface area contributed by atoms with Gasteiger partial charge in [-0.2, -0.15) is 0 Å². The summed E-state index contributed by atoms with van der Waals surface area (Å²) in [5, 5.41) is 30.8. The first-order chi connectivity index (χ1) is 15.0. The molecule has 0 radical (unpaired) electrons.